The smallest absolute Gasteiger partial charge is 0.243 e. The van der Waals surface area contributed by atoms with Gasteiger partial charge in [-0.3, -0.25) is 19.2 Å². The number of hydrogen-bond donors (Lipinski definition) is 10. The molecule has 0 saturated heterocycles. The average Bonchev–Trinajstić information content (AvgIpc) is 3.04. The Hall–Kier alpha value is -4.24. The molecule has 3 rings (SSSR count). The largest absolute Gasteiger partial charge is 0.508 e. The molecular weight excluding hydrogens is 604 g/mol. The van der Waals surface area contributed by atoms with E-state index in [-0.39, 0.29) is 55.7 Å². The lowest BCUT2D eigenvalue weighted by Crippen LogP contribution is -2.56. The van der Waals surface area contributed by atoms with Crippen molar-refractivity contribution in [2.24, 2.45) is 22.9 Å². The lowest BCUT2D eigenvalue weighted by Gasteiger charge is -2.25. The van der Waals surface area contributed by atoms with E-state index in [9.17, 15) is 29.4 Å². The highest BCUT2D eigenvalue weighted by atomic mass is 16.3. The van der Waals surface area contributed by atoms with Crippen molar-refractivity contribution >= 4 is 23.6 Å². The Labute approximate surface area is 275 Å². The summed E-state index contributed by atoms with van der Waals surface area (Å²) in [5.74, 6) is -1.74. The van der Waals surface area contributed by atoms with Crippen LogP contribution in [0, 0.1) is 0 Å². The van der Waals surface area contributed by atoms with Gasteiger partial charge in [0, 0.05) is 38.5 Å². The van der Waals surface area contributed by atoms with Gasteiger partial charge in [-0.15, -0.1) is 0 Å². The Kier molecular flexibility index (Phi) is 14.9. The Morgan fingerprint density at radius 1 is 0.872 bits per heavy atom. The summed E-state index contributed by atoms with van der Waals surface area (Å²) >= 11 is 0. The zero-order valence-electron chi connectivity index (χ0n) is 26.8. The summed E-state index contributed by atoms with van der Waals surface area (Å²) in [6.45, 7) is 1.32. The summed E-state index contributed by atoms with van der Waals surface area (Å²) in [4.78, 5) is 51.9. The van der Waals surface area contributed by atoms with E-state index in [2.05, 4.69) is 21.3 Å². The summed E-state index contributed by atoms with van der Waals surface area (Å²) in [5, 5.41) is 32.3. The second-order valence-corrected chi connectivity index (χ2v) is 12.0. The highest BCUT2D eigenvalue weighted by Crippen LogP contribution is 2.31. The van der Waals surface area contributed by atoms with Crippen LogP contribution in [0.15, 0.2) is 36.4 Å². The summed E-state index contributed by atoms with van der Waals surface area (Å²) in [6, 6.07) is 6.72. The number of carbonyl (C=O) groups is 4. The molecule has 47 heavy (non-hydrogen) atoms. The summed E-state index contributed by atoms with van der Waals surface area (Å²) < 4.78 is 0. The number of carbonyl (C=O) groups excluding carboxylic acids is 4. The van der Waals surface area contributed by atoms with Crippen molar-refractivity contribution in [1.82, 2.24) is 21.3 Å². The van der Waals surface area contributed by atoms with E-state index in [0.29, 0.717) is 62.9 Å². The molecular formula is C33H50N8O6. The van der Waals surface area contributed by atoms with Crippen molar-refractivity contribution in [2.75, 3.05) is 26.2 Å². The number of nitrogens with one attached hydrogen (secondary N) is 4. The average molecular weight is 655 g/mol. The van der Waals surface area contributed by atoms with E-state index in [1.807, 2.05) is 0 Å². The molecule has 0 saturated carbocycles. The third-order valence-corrected chi connectivity index (χ3v) is 8.16. The second-order valence-electron chi connectivity index (χ2n) is 12.0. The van der Waals surface area contributed by atoms with Crippen LogP contribution in [0.2, 0.25) is 0 Å². The maximum Gasteiger partial charge on any atom is 0.243 e. The van der Waals surface area contributed by atoms with Gasteiger partial charge in [-0.1, -0.05) is 18.6 Å². The monoisotopic (exact) mass is 654 g/mol. The molecule has 1 heterocycles. The first kappa shape index (κ1) is 37.2. The number of unbranched alkanes of at least 4 members (excludes halogenated alkanes) is 1. The molecule has 1 aliphatic rings. The lowest BCUT2D eigenvalue weighted by molar-refractivity contribution is -0.132. The minimum absolute atomic E-state index is 0.0396. The van der Waals surface area contributed by atoms with Gasteiger partial charge >= 0.3 is 0 Å². The van der Waals surface area contributed by atoms with Crippen molar-refractivity contribution in [3.8, 4) is 22.6 Å². The van der Waals surface area contributed by atoms with E-state index < -0.39 is 35.8 Å². The van der Waals surface area contributed by atoms with Gasteiger partial charge in [-0.05, 0) is 91.6 Å². The van der Waals surface area contributed by atoms with Crippen LogP contribution in [-0.2, 0) is 32.0 Å². The first-order valence-corrected chi connectivity index (χ1v) is 16.2. The van der Waals surface area contributed by atoms with Gasteiger partial charge in [-0.2, -0.15) is 0 Å². The number of nitrogens with two attached hydrogens (primary N) is 4. The number of phenols is 2. The molecule has 0 spiro atoms. The van der Waals surface area contributed by atoms with E-state index in [1.54, 1.807) is 30.3 Å². The third-order valence-electron chi connectivity index (χ3n) is 8.16. The number of hydrogen-bond acceptors (Lipinski definition) is 10. The van der Waals surface area contributed by atoms with E-state index in [0.717, 1.165) is 11.1 Å². The molecule has 0 radical (unpaired) electrons. The Bertz CT molecular complexity index is 1370. The number of fused-ring (bicyclic) bond motifs is 5. The van der Waals surface area contributed by atoms with Gasteiger partial charge in [0.05, 0.1) is 6.04 Å². The maximum absolute atomic E-state index is 13.5. The van der Waals surface area contributed by atoms with Crippen molar-refractivity contribution in [3.63, 3.8) is 0 Å². The lowest BCUT2D eigenvalue weighted by atomic mass is 9.95. The molecule has 14 heteroatoms. The highest BCUT2D eigenvalue weighted by Gasteiger charge is 2.29. The van der Waals surface area contributed by atoms with Crippen LogP contribution in [0.25, 0.3) is 11.1 Å². The Balaban J connectivity index is 1.81. The maximum atomic E-state index is 13.5. The van der Waals surface area contributed by atoms with Gasteiger partial charge in [0.15, 0.2) is 0 Å². The first-order valence-electron chi connectivity index (χ1n) is 16.2. The van der Waals surface area contributed by atoms with Gasteiger partial charge in [0.25, 0.3) is 0 Å². The number of amides is 4. The normalized spacial score (nSPS) is 19.3. The van der Waals surface area contributed by atoms with E-state index in [4.69, 9.17) is 22.9 Å². The number of aromatic hydroxyl groups is 2. The van der Waals surface area contributed by atoms with Crippen molar-refractivity contribution in [2.45, 2.75) is 82.0 Å². The standard InChI is InChI=1S/C33H50N8O6/c34-12-3-5-26-33(47)41-27(32(46)39-14-2-1-4-24(36)19-30(44)38-15-13-35)18-23-17-21(8-11-29(23)43)20-7-10-28(42)22(16-20)6-9-25(37)31(45)40-26/h7-8,10-11,16-17,24-27,42-43H,1-6,9,12-15,18-19,34-37H2,(H,38,44)(H,39,46)(H,40,45)(H,41,47)/t24-,25-,26-,27?/m0/s1. The van der Waals surface area contributed by atoms with Gasteiger partial charge in [0.1, 0.15) is 23.6 Å². The quantitative estimate of drug-likeness (QED) is 0.122. The van der Waals surface area contributed by atoms with Crippen molar-refractivity contribution in [1.29, 1.82) is 0 Å². The molecule has 0 fully saturated rings. The zero-order chi connectivity index (χ0) is 34.3. The molecule has 14 nitrogen and oxygen atoms in total. The SMILES string of the molecule is NCCC[C@@H]1NC(=O)[C@@H](N)CCc2cc(ccc2O)-c2ccc(O)c(c2)CC(C(=O)NCCCC[C@H](N)CC(=O)NCCN)NC1=O. The molecule has 2 aromatic rings. The fraction of sp³-hybridized carbons (Fsp3) is 0.515. The van der Waals surface area contributed by atoms with E-state index >= 15 is 0 Å². The molecule has 4 amide bonds. The third kappa shape index (κ3) is 11.8. The minimum atomic E-state index is -1.09. The number of rotatable bonds is 13. The number of benzene rings is 2. The fourth-order valence-electron chi connectivity index (χ4n) is 5.40. The van der Waals surface area contributed by atoms with Crippen molar-refractivity contribution < 1.29 is 29.4 Å². The van der Waals surface area contributed by atoms with Crippen LogP contribution >= 0.6 is 0 Å². The van der Waals surface area contributed by atoms with Gasteiger partial charge < -0.3 is 54.4 Å². The van der Waals surface area contributed by atoms with Crippen LogP contribution in [0.3, 0.4) is 0 Å². The number of phenolic OH excluding ortho intramolecular Hbond substituents is 2. The van der Waals surface area contributed by atoms with E-state index in [1.165, 1.54) is 6.07 Å². The molecule has 2 aromatic carbocycles. The van der Waals surface area contributed by atoms with Crippen molar-refractivity contribution in [3.05, 3.63) is 47.5 Å². The molecule has 258 valence electrons. The molecule has 1 aliphatic heterocycles. The second kappa shape index (κ2) is 18.8. The summed E-state index contributed by atoms with van der Waals surface area (Å²) in [5.41, 5.74) is 25.9. The molecule has 0 aliphatic carbocycles. The van der Waals surface area contributed by atoms with Crippen LogP contribution in [0.1, 0.15) is 56.1 Å². The molecule has 4 atom stereocenters. The van der Waals surface area contributed by atoms with Crippen LogP contribution in [0.5, 0.6) is 11.5 Å². The summed E-state index contributed by atoms with van der Waals surface area (Å²) in [6.07, 6.45) is 3.16. The zero-order valence-corrected chi connectivity index (χ0v) is 26.8. The number of aryl methyl sites for hydroxylation is 1. The predicted octanol–water partition coefficient (Wildman–Crippen LogP) is -0.632. The summed E-state index contributed by atoms with van der Waals surface area (Å²) in [7, 11) is 0. The Morgan fingerprint density at radius 2 is 1.55 bits per heavy atom. The van der Waals surface area contributed by atoms with Gasteiger partial charge in [-0.25, -0.2) is 0 Å². The highest BCUT2D eigenvalue weighted by molar-refractivity contribution is 5.93. The Morgan fingerprint density at radius 3 is 2.23 bits per heavy atom. The predicted molar refractivity (Wildman–Crippen MR) is 179 cm³/mol. The first-order chi connectivity index (χ1) is 22.5. The van der Waals surface area contributed by atoms with Crippen LogP contribution in [0.4, 0.5) is 0 Å². The van der Waals surface area contributed by atoms with Crippen LogP contribution < -0.4 is 44.2 Å². The molecule has 14 N–H and O–H groups in total. The molecule has 4 bridgehead atoms. The fourth-order valence-corrected chi connectivity index (χ4v) is 5.40. The van der Waals surface area contributed by atoms with Crippen LogP contribution in [-0.4, -0.2) is 84.2 Å². The molecule has 1 unspecified atom stereocenters. The molecule has 0 aromatic heterocycles. The topological polar surface area (TPSA) is 261 Å². The van der Waals surface area contributed by atoms with Gasteiger partial charge in [0.2, 0.25) is 23.6 Å². The minimum Gasteiger partial charge on any atom is -0.508 e.